The molecule has 1 aromatic rings. The largest absolute Gasteiger partial charge is 0.264 e. The number of rotatable bonds is 2. The lowest BCUT2D eigenvalue weighted by atomic mass is 10.1. The van der Waals surface area contributed by atoms with Gasteiger partial charge in [-0.15, -0.1) is 9.24 Å². The average molecular weight is 167 g/mol. The zero-order chi connectivity index (χ0) is 8.27. The summed E-state index contributed by atoms with van der Waals surface area (Å²) in [6, 6.07) is 2.16. The molecule has 60 valence electrons. The van der Waals surface area contributed by atoms with Gasteiger partial charge < -0.3 is 0 Å². The van der Waals surface area contributed by atoms with Crippen LogP contribution in [0.25, 0.3) is 0 Å². The quantitative estimate of drug-likeness (QED) is 0.612. The van der Waals surface area contributed by atoms with E-state index in [0.717, 1.165) is 6.42 Å². The monoisotopic (exact) mass is 167 g/mol. The minimum absolute atomic E-state index is 0.712. The highest BCUT2D eigenvalue weighted by atomic mass is 31.0. The molecule has 0 fully saturated rings. The molecule has 0 saturated carbocycles. The Hall–Kier alpha value is -0.420. The van der Waals surface area contributed by atoms with Crippen LogP contribution in [0.2, 0.25) is 0 Å². The fourth-order valence-electron chi connectivity index (χ4n) is 1.09. The van der Waals surface area contributed by atoms with Crippen LogP contribution in [0.1, 0.15) is 19.4 Å². The van der Waals surface area contributed by atoms with Gasteiger partial charge in [-0.2, -0.15) is 0 Å². The molecule has 0 spiro atoms. The predicted octanol–water partition coefficient (Wildman–Crippen LogP) is 1.78. The lowest BCUT2D eigenvalue weighted by molar-refractivity contribution is 0.646. The van der Waals surface area contributed by atoms with Crippen molar-refractivity contribution in [2.24, 2.45) is 5.92 Å². The third kappa shape index (κ3) is 2.98. The maximum absolute atomic E-state index is 4.12. The van der Waals surface area contributed by atoms with Crippen LogP contribution in [-0.4, -0.2) is 4.98 Å². The molecular weight excluding hydrogens is 153 g/mol. The molecule has 0 N–H and O–H groups in total. The van der Waals surface area contributed by atoms with Crippen LogP contribution in [0, 0.1) is 5.92 Å². The van der Waals surface area contributed by atoms with Gasteiger partial charge in [-0.3, -0.25) is 4.98 Å². The Labute approximate surface area is 70.4 Å². The third-order valence-corrected chi connectivity index (χ3v) is 1.78. The number of aromatic nitrogens is 1. The smallest absolute Gasteiger partial charge is 0.0339 e. The Morgan fingerprint density at radius 3 is 2.73 bits per heavy atom. The van der Waals surface area contributed by atoms with Gasteiger partial charge in [0.1, 0.15) is 0 Å². The molecule has 1 aromatic heterocycles. The first-order chi connectivity index (χ1) is 5.18. The van der Waals surface area contributed by atoms with Crippen molar-refractivity contribution in [3.05, 3.63) is 24.0 Å². The SMILES string of the molecule is CC(C)Cc1cncc(P)c1. The highest BCUT2D eigenvalue weighted by Crippen LogP contribution is 2.05. The topological polar surface area (TPSA) is 12.9 Å². The molecule has 11 heavy (non-hydrogen) atoms. The van der Waals surface area contributed by atoms with E-state index in [1.165, 1.54) is 10.9 Å². The number of hydrogen-bond acceptors (Lipinski definition) is 1. The normalized spacial score (nSPS) is 10.5. The fraction of sp³-hybridized carbons (Fsp3) is 0.444. The second-order valence-corrected chi connectivity index (χ2v) is 3.89. The Morgan fingerprint density at radius 2 is 2.18 bits per heavy atom. The van der Waals surface area contributed by atoms with Crippen molar-refractivity contribution in [1.29, 1.82) is 0 Å². The molecule has 0 bridgehead atoms. The Morgan fingerprint density at radius 1 is 1.45 bits per heavy atom. The lowest BCUT2D eigenvalue weighted by Gasteiger charge is -2.03. The van der Waals surface area contributed by atoms with E-state index < -0.39 is 0 Å². The average Bonchev–Trinajstić information content (AvgIpc) is 1.85. The summed E-state index contributed by atoms with van der Waals surface area (Å²) in [7, 11) is 2.66. The van der Waals surface area contributed by atoms with Gasteiger partial charge >= 0.3 is 0 Å². The van der Waals surface area contributed by atoms with Crippen molar-refractivity contribution >= 4 is 14.5 Å². The van der Waals surface area contributed by atoms with Gasteiger partial charge in [0.2, 0.25) is 0 Å². The first-order valence-electron chi connectivity index (χ1n) is 3.88. The maximum atomic E-state index is 4.12. The molecule has 0 aliphatic heterocycles. The van der Waals surface area contributed by atoms with Gasteiger partial charge in [-0.05, 0) is 29.3 Å². The molecule has 1 rings (SSSR count). The van der Waals surface area contributed by atoms with E-state index in [2.05, 4.69) is 34.1 Å². The molecule has 1 unspecified atom stereocenters. The summed E-state index contributed by atoms with van der Waals surface area (Å²) in [6.45, 7) is 4.44. The van der Waals surface area contributed by atoms with Gasteiger partial charge in [0.15, 0.2) is 0 Å². The molecule has 1 nitrogen and oxygen atoms in total. The Balaban J connectivity index is 2.71. The van der Waals surface area contributed by atoms with E-state index >= 15 is 0 Å². The highest BCUT2D eigenvalue weighted by molar-refractivity contribution is 7.27. The molecule has 0 aliphatic rings. The minimum Gasteiger partial charge on any atom is -0.264 e. The van der Waals surface area contributed by atoms with Crippen LogP contribution in [0.4, 0.5) is 0 Å². The summed E-state index contributed by atoms with van der Waals surface area (Å²) in [6.07, 6.45) is 4.91. The fourth-order valence-corrected chi connectivity index (χ4v) is 1.39. The standard InChI is InChI=1S/C9H14NP/c1-7(2)3-8-4-9(11)6-10-5-8/h4-7H,3,11H2,1-2H3. The van der Waals surface area contributed by atoms with Crippen molar-refractivity contribution in [2.75, 3.05) is 0 Å². The van der Waals surface area contributed by atoms with E-state index in [9.17, 15) is 0 Å². The molecule has 0 radical (unpaired) electrons. The summed E-state index contributed by atoms with van der Waals surface area (Å²) in [5.74, 6) is 0.712. The number of hydrogen-bond donors (Lipinski definition) is 0. The van der Waals surface area contributed by atoms with E-state index in [1.54, 1.807) is 0 Å². The molecule has 0 amide bonds. The number of pyridine rings is 1. The predicted molar refractivity (Wildman–Crippen MR) is 52.1 cm³/mol. The van der Waals surface area contributed by atoms with Crippen LogP contribution < -0.4 is 5.30 Å². The zero-order valence-electron chi connectivity index (χ0n) is 7.04. The van der Waals surface area contributed by atoms with E-state index in [0.29, 0.717) is 5.92 Å². The Bertz CT molecular complexity index is 233. The zero-order valence-corrected chi connectivity index (χ0v) is 8.20. The first-order valence-corrected chi connectivity index (χ1v) is 4.45. The molecular formula is C9H14NP. The molecule has 0 aliphatic carbocycles. The summed E-state index contributed by atoms with van der Waals surface area (Å²) in [5.41, 5.74) is 1.33. The van der Waals surface area contributed by atoms with Crippen molar-refractivity contribution in [1.82, 2.24) is 4.98 Å². The van der Waals surface area contributed by atoms with E-state index in [-0.39, 0.29) is 0 Å². The van der Waals surface area contributed by atoms with Crippen molar-refractivity contribution in [2.45, 2.75) is 20.3 Å². The van der Waals surface area contributed by atoms with Crippen molar-refractivity contribution < 1.29 is 0 Å². The van der Waals surface area contributed by atoms with Gasteiger partial charge in [-0.1, -0.05) is 13.8 Å². The summed E-state index contributed by atoms with van der Waals surface area (Å²) >= 11 is 0. The van der Waals surface area contributed by atoms with Crippen LogP contribution in [-0.2, 0) is 6.42 Å². The van der Waals surface area contributed by atoms with Crippen molar-refractivity contribution in [3.63, 3.8) is 0 Å². The minimum atomic E-state index is 0.712. The van der Waals surface area contributed by atoms with Crippen molar-refractivity contribution in [3.8, 4) is 0 Å². The Kier molecular flexibility index (Phi) is 3.02. The van der Waals surface area contributed by atoms with Gasteiger partial charge in [0, 0.05) is 12.4 Å². The summed E-state index contributed by atoms with van der Waals surface area (Å²) < 4.78 is 0. The van der Waals surface area contributed by atoms with Crippen LogP contribution >= 0.6 is 9.24 Å². The van der Waals surface area contributed by atoms with Gasteiger partial charge in [0.25, 0.3) is 0 Å². The second kappa shape index (κ2) is 3.82. The third-order valence-electron chi connectivity index (χ3n) is 1.46. The highest BCUT2D eigenvalue weighted by Gasteiger charge is 1.97. The molecule has 1 heterocycles. The summed E-state index contributed by atoms with van der Waals surface area (Å²) in [4.78, 5) is 4.12. The summed E-state index contributed by atoms with van der Waals surface area (Å²) in [5, 5.41) is 1.17. The molecule has 0 saturated heterocycles. The second-order valence-electron chi connectivity index (χ2n) is 3.22. The van der Waals surface area contributed by atoms with Crippen LogP contribution in [0.5, 0.6) is 0 Å². The van der Waals surface area contributed by atoms with E-state index in [4.69, 9.17) is 0 Å². The van der Waals surface area contributed by atoms with Gasteiger partial charge in [0.05, 0.1) is 0 Å². The van der Waals surface area contributed by atoms with Crippen LogP contribution in [0.15, 0.2) is 18.5 Å². The maximum Gasteiger partial charge on any atom is 0.0339 e. The molecule has 1 atom stereocenters. The molecule has 0 aromatic carbocycles. The van der Waals surface area contributed by atoms with Gasteiger partial charge in [-0.25, -0.2) is 0 Å². The van der Waals surface area contributed by atoms with E-state index in [1.807, 2.05) is 12.4 Å². The first kappa shape index (κ1) is 8.67. The number of nitrogens with zero attached hydrogens (tertiary/aromatic N) is 1. The molecule has 2 heteroatoms. The van der Waals surface area contributed by atoms with Crippen LogP contribution in [0.3, 0.4) is 0 Å². The lowest BCUT2D eigenvalue weighted by Crippen LogP contribution is -1.99.